The monoisotopic (exact) mass is 467 g/mol. The first-order valence-corrected chi connectivity index (χ1v) is 12.3. The average Bonchev–Trinajstić information content (AvgIpc) is 3.52. The quantitative estimate of drug-likeness (QED) is 0.630. The molecule has 2 fully saturated rings. The Bertz CT molecular complexity index is 1050. The second-order valence-corrected chi connectivity index (χ2v) is 10.0. The number of hydrogen-bond acceptors (Lipinski definition) is 6. The highest BCUT2D eigenvalue weighted by Gasteiger charge is 2.55. The van der Waals surface area contributed by atoms with E-state index in [2.05, 4.69) is 33.5 Å². The van der Waals surface area contributed by atoms with E-state index in [0.29, 0.717) is 13.0 Å². The molecule has 33 heavy (non-hydrogen) atoms. The van der Waals surface area contributed by atoms with Gasteiger partial charge in [-0.25, -0.2) is 4.79 Å². The Balaban J connectivity index is 1.24. The summed E-state index contributed by atoms with van der Waals surface area (Å²) < 4.78 is 0. The lowest BCUT2D eigenvalue weighted by Gasteiger charge is -2.37. The minimum atomic E-state index is -1.03. The Morgan fingerprint density at radius 3 is 2.70 bits per heavy atom. The number of likely N-dealkylation sites (N-methyl/N-ethyl adjacent to an activating group) is 1. The Morgan fingerprint density at radius 2 is 1.94 bits per heavy atom. The van der Waals surface area contributed by atoms with Gasteiger partial charge in [0.25, 0.3) is 5.91 Å². The van der Waals surface area contributed by atoms with Crippen LogP contribution in [-0.4, -0.2) is 78.9 Å². The van der Waals surface area contributed by atoms with E-state index in [1.807, 2.05) is 35.7 Å². The fourth-order valence-corrected chi connectivity index (χ4v) is 6.03. The Morgan fingerprint density at radius 1 is 1.15 bits per heavy atom. The molecule has 1 spiro atoms. The summed E-state index contributed by atoms with van der Waals surface area (Å²) in [6, 6.07) is 11.4. The largest absolute Gasteiger partial charge is 0.353 e. The van der Waals surface area contributed by atoms with Gasteiger partial charge in [-0.1, -0.05) is 30.3 Å². The lowest BCUT2D eigenvalue weighted by molar-refractivity contribution is -0.135. The lowest BCUT2D eigenvalue weighted by atomic mass is 9.92. The minimum absolute atomic E-state index is 0.0822. The van der Waals surface area contributed by atoms with Crippen LogP contribution in [0.2, 0.25) is 0 Å². The number of urea groups is 1. The maximum Gasteiger partial charge on any atom is 0.325 e. The number of fused-ring (bicyclic) bond motifs is 2. The molecule has 2 unspecified atom stereocenters. The maximum absolute atomic E-state index is 13.3. The van der Waals surface area contributed by atoms with Gasteiger partial charge in [-0.15, -0.1) is 11.3 Å². The molecule has 4 amide bonds. The van der Waals surface area contributed by atoms with Gasteiger partial charge in [0.1, 0.15) is 12.1 Å². The third kappa shape index (κ3) is 4.05. The van der Waals surface area contributed by atoms with Crippen LogP contribution in [0.3, 0.4) is 0 Å². The van der Waals surface area contributed by atoms with Crippen LogP contribution in [0.4, 0.5) is 4.79 Å². The van der Waals surface area contributed by atoms with Crippen LogP contribution >= 0.6 is 11.3 Å². The molecule has 8 nitrogen and oxygen atoms in total. The Kier molecular flexibility index (Phi) is 5.94. The fourth-order valence-electron chi connectivity index (χ4n) is 5.17. The van der Waals surface area contributed by atoms with Gasteiger partial charge in [-0.2, -0.15) is 0 Å². The molecule has 2 aliphatic heterocycles. The summed E-state index contributed by atoms with van der Waals surface area (Å²) in [5, 5.41) is 7.91. The van der Waals surface area contributed by atoms with Crippen molar-refractivity contribution in [1.29, 1.82) is 0 Å². The van der Waals surface area contributed by atoms with Gasteiger partial charge in [0.15, 0.2) is 0 Å². The highest BCUT2D eigenvalue weighted by atomic mass is 32.1. The van der Waals surface area contributed by atoms with E-state index in [-0.39, 0.29) is 24.4 Å². The maximum atomic E-state index is 13.3. The van der Waals surface area contributed by atoms with Gasteiger partial charge in [0, 0.05) is 37.6 Å². The number of imide groups is 1. The van der Waals surface area contributed by atoms with Gasteiger partial charge in [-0.3, -0.25) is 19.4 Å². The average molecular weight is 468 g/mol. The zero-order chi connectivity index (χ0) is 23.0. The summed E-state index contributed by atoms with van der Waals surface area (Å²) in [6.45, 7) is 4.02. The van der Waals surface area contributed by atoms with Gasteiger partial charge in [-0.05, 0) is 42.5 Å². The van der Waals surface area contributed by atoms with Crippen molar-refractivity contribution in [2.75, 3.05) is 46.3 Å². The van der Waals surface area contributed by atoms with Gasteiger partial charge >= 0.3 is 6.03 Å². The van der Waals surface area contributed by atoms with Crippen LogP contribution in [0.5, 0.6) is 0 Å². The van der Waals surface area contributed by atoms with Crippen molar-refractivity contribution >= 4 is 29.2 Å². The summed E-state index contributed by atoms with van der Waals surface area (Å²) in [7, 11) is 2.12. The van der Waals surface area contributed by atoms with Crippen molar-refractivity contribution < 1.29 is 14.4 Å². The number of aryl methyl sites for hydroxylation is 1. The predicted molar refractivity (Wildman–Crippen MR) is 126 cm³/mol. The van der Waals surface area contributed by atoms with Crippen LogP contribution in [0.1, 0.15) is 28.5 Å². The lowest BCUT2D eigenvalue weighted by Crippen LogP contribution is -2.49. The smallest absolute Gasteiger partial charge is 0.325 e. The summed E-state index contributed by atoms with van der Waals surface area (Å²) >= 11 is 1.68. The van der Waals surface area contributed by atoms with Gasteiger partial charge < -0.3 is 15.5 Å². The second kappa shape index (κ2) is 8.89. The van der Waals surface area contributed by atoms with Crippen molar-refractivity contribution in [2.24, 2.45) is 0 Å². The molecule has 1 aromatic carbocycles. The standard InChI is InChI=1S/C24H29N5O3S/c1-27-10-12-28(13-11-27)19(20-7-4-14-33-20)15-25-21(30)16-29-22(31)24(26-23(29)32)9-8-17-5-2-3-6-18(17)24/h2-7,14,19H,8-13,15-16H2,1H3,(H,25,30)(H,26,32). The van der Waals surface area contributed by atoms with Crippen LogP contribution in [0, 0.1) is 0 Å². The highest BCUT2D eigenvalue weighted by molar-refractivity contribution is 7.10. The number of amides is 4. The van der Waals surface area contributed by atoms with Crippen LogP contribution in [0.15, 0.2) is 41.8 Å². The molecule has 5 rings (SSSR count). The molecule has 174 valence electrons. The molecule has 1 aromatic heterocycles. The first-order chi connectivity index (χ1) is 16.0. The number of nitrogens with one attached hydrogen (secondary N) is 2. The zero-order valence-electron chi connectivity index (χ0n) is 18.8. The molecule has 2 aromatic rings. The van der Waals surface area contributed by atoms with E-state index in [0.717, 1.165) is 48.6 Å². The number of hydrogen-bond donors (Lipinski definition) is 2. The van der Waals surface area contributed by atoms with Crippen molar-refractivity contribution in [3.8, 4) is 0 Å². The van der Waals surface area contributed by atoms with Crippen LogP contribution in [0.25, 0.3) is 0 Å². The van der Waals surface area contributed by atoms with Crippen LogP contribution in [-0.2, 0) is 21.5 Å². The third-order valence-corrected chi connectivity index (χ3v) is 8.04. The summed E-state index contributed by atoms with van der Waals surface area (Å²) in [5.74, 6) is -0.654. The Hall–Kier alpha value is -2.75. The van der Waals surface area contributed by atoms with E-state index in [9.17, 15) is 14.4 Å². The van der Waals surface area contributed by atoms with E-state index < -0.39 is 11.6 Å². The predicted octanol–water partition coefficient (Wildman–Crippen LogP) is 1.55. The molecule has 2 saturated heterocycles. The summed E-state index contributed by atoms with van der Waals surface area (Å²) in [4.78, 5) is 45.8. The molecular weight excluding hydrogens is 438 g/mol. The fraction of sp³-hybridized carbons (Fsp3) is 0.458. The van der Waals surface area contributed by atoms with E-state index in [4.69, 9.17) is 0 Å². The second-order valence-electron chi connectivity index (χ2n) is 9.06. The van der Waals surface area contributed by atoms with Crippen molar-refractivity contribution in [2.45, 2.75) is 24.4 Å². The SMILES string of the molecule is CN1CCN(C(CNC(=O)CN2C(=O)NC3(CCc4ccccc43)C2=O)c2cccs2)CC1. The number of thiophene rings is 1. The van der Waals surface area contributed by atoms with E-state index in [1.54, 1.807) is 11.3 Å². The first-order valence-electron chi connectivity index (χ1n) is 11.4. The molecule has 2 atom stereocenters. The molecule has 0 bridgehead atoms. The molecule has 0 radical (unpaired) electrons. The van der Waals surface area contributed by atoms with E-state index >= 15 is 0 Å². The molecule has 1 aliphatic carbocycles. The van der Waals surface area contributed by atoms with Crippen molar-refractivity contribution in [3.05, 3.63) is 57.8 Å². The van der Waals surface area contributed by atoms with Gasteiger partial charge in [0.05, 0.1) is 6.04 Å². The van der Waals surface area contributed by atoms with E-state index in [1.165, 1.54) is 4.88 Å². The molecule has 3 aliphatic rings. The van der Waals surface area contributed by atoms with Crippen molar-refractivity contribution in [1.82, 2.24) is 25.3 Å². The molecule has 2 N–H and O–H groups in total. The minimum Gasteiger partial charge on any atom is -0.353 e. The molecule has 9 heteroatoms. The molecule has 3 heterocycles. The number of benzene rings is 1. The van der Waals surface area contributed by atoms with Crippen LogP contribution < -0.4 is 10.6 Å². The normalized spacial score (nSPS) is 24.2. The zero-order valence-corrected chi connectivity index (χ0v) is 19.6. The number of rotatable bonds is 6. The topological polar surface area (TPSA) is 85.0 Å². The Labute approximate surface area is 197 Å². The van der Waals surface area contributed by atoms with Crippen molar-refractivity contribution in [3.63, 3.8) is 0 Å². The molecule has 0 saturated carbocycles. The molecular formula is C24H29N5O3S. The number of carbonyl (C=O) groups is 3. The summed E-state index contributed by atoms with van der Waals surface area (Å²) in [5.41, 5.74) is 0.885. The number of nitrogens with zero attached hydrogens (tertiary/aromatic N) is 3. The third-order valence-electron chi connectivity index (χ3n) is 7.07. The summed E-state index contributed by atoms with van der Waals surface area (Å²) in [6.07, 6.45) is 1.26. The number of piperazine rings is 1. The van der Waals surface area contributed by atoms with Gasteiger partial charge in [0.2, 0.25) is 5.91 Å². The number of carbonyl (C=O) groups excluding carboxylic acids is 3. The highest BCUT2D eigenvalue weighted by Crippen LogP contribution is 2.41. The first kappa shape index (κ1) is 22.1.